The van der Waals surface area contributed by atoms with E-state index in [9.17, 15) is 0 Å². The maximum absolute atomic E-state index is 6.60. The molecule has 156 valence electrons. The molecular formula is C28H28N2O. The van der Waals surface area contributed by atoms with Crippen LogP contribution in [0.1, 0.15) is 43.9 Å². The molecule has 3 aliphatic rings. The summed E-state index contributed by atoms with van der Waals surface area (Å²) < 4.78 is 6.60. The van der Waals surface area contributed by atoms with Gasteiger partial charge in [-0.05, 0) is 69.0 Å². The number of benzene rings is 1. The molecule has 0 radical (unpaired) electrons. The molecule has 1 N–H and O–H groups in total. The summed E-state index contributed by atoms with van der Waals surface area (Å²) in [6.07, 6.45) is 8.45. The van der Waals surface area contributed by atoms with Crippen LogP contribution in [0.5, 0.6) is 0 Å². The van der Waals surface area contributed by atoms with Gasteiger partial charge in [0.05, 0.1) is 23.1 Å². The molecule has 0 fully saturated rings. The third kappa shape index (κ3) is 3.84. The number of fused-ring (bicyclic) bond motifs is 3. The SMILES string of the molecule is Cc1cc#cc2c1N=CC1CC3=CC3=C(C(C)(Cc3ccccc3)OC(C)C)NC1=C2. The lowest BCUT2D eigenvalue weighted by molar-refractivity contribution is -0.0458. The van der Waals surface area contributed by atoms with E-state index in [1.807, 2.05) is 6.07 Å². The van der Waals surface area contributed by atoms with Crippen molar-refractivity contribution in [3.8, 4) is 0 Å². The van der Waals surface area contributed by atoms with Gasteiger partial charge in [-0.2, -0.15) is 0 Å². The van der Waals surface area contributed by atoms with E-state index >= 15 is 0 Å². The van der Waals surface area contributed by atoms with Crippen LogP contribution in [0, 0.1) is 25.0 Å². The highest BCUT2D eigenvalue weighted by Gasteiger charge is 2.41. The molecule has 0 bridgehead atoms. The topological polar surface area (TPSA) is 33.6 Å². The average Bonchev–Trinajstić information content (AvgIpc) is 3.50. The molecule has 3 heteroatoms. The number of allylic oxidation sites excluding steroid dienone is 4. The fourth-order valence-corrected chi connectivity index (χ4v) is 4.74. The van der Waals surface area contributed by atoms with E-state index in [1.54, 1.807) is 0 Å². The van der Waals surface area contributed by atoms with Crippen molar-refractivity contribution in [2.45, 2.75) is 52.2 Å². The van der Waals surface area contributed by atoms with E-state index in [4.69, 9.17) is 9.73 Å². The number of nitrogens with zero attached hydrogens (tertiary/aromatic N) is 1. The zero-order valence-electron chi connectivity index (χ0n) is 18.6. The molecule has 0 saturated heterocycles. The molecule has 2 aliphatic heterocycles. The maximum Gasteiger partial charge on any atom is 0.110 e. The van der Waals surface area contributed by atoms with E-state index < -0.39 is 5.60 Å². The van der Waals surface area contributed by atoms with Crippen molar-refractivity contribution in [1.82, 2.24) is 5.32 Å². The van der Waals surface area contributed by atoms with E-state index in [0.29, 0.717) is 0 Å². The Hall–Kier alpha value is -3.09. The summed E-state index contributed by atoms with van der Waals surface area (Å²) >= 11 is 0. The molecule has 0 saturated carbocycles. The predicted octanol–water partition coefficient (Wildman–Crippen LogP) is 5.88. The highest BCUT2D eigenvalue weighted by Crippen LogP contribution is 2.45. The average molecular weight is 409 g/mol. The first-order chi connectivity index (χ1) is 14.9. The Labute approximate surface area is 185 Å². The molecule has 2 unspecified atom stereocenters. The molecule has 2 atom stereocenters. The molecule has 2 heterocycles. The quantitative estimate of drug-likeness (QED) is 0.670. The van der Waals surface area contributed by atoms with E-state index in [0.717, 1.165) is 41.1 Å². The van der Waals surface area contributed by atoms with Gasteiger partial charge in [-0.15, -0.1) is 0 Å². The standard InChI is InChI=1S/C28H28N2O/c1-18(2)31-28(4,16-20-10-6-5-7-11-20)27-24-14-22(24)13-23-17-29-26-19(3)9-8-12-21(26)15-25(23)30-27/h5-7,9-11,14-15,17-18,23,30H,13,16H2,1-4H3. The van der Waals surface area contributed by atoms with Crippen LogP contribution in [-0.2, 0) is 11.2 Å². The van der Waals surface area contributed by atoms with Crippen LogP contribution in [0.15, 0.2) is 70.0 Å². The van der Waals surface area contributed by atoms with Crippen LogP contribution in [-0.4, -0.2) is 17.9 Å². The van der Waals surface area contributed by atoms with Gasteiger partial charge in [0.15, 0.2) is 0 Å². The second-order valence-electron chi connectivity index (χ2n) is 9.19. The number of nitrogens with one attached hydrogen (secondary N) is 1. The molecule has 2 aromatic rings. The minimum Gasteiger partial charge on any atom is -0.366 e. The van der Waals surface area contributed by atoms with Crippen LogP contribution in [0.4, 0.5) is 5.69 Å². The van der Waals surface area contributed by atoms with E-state index in [-0.39, 0.29) is 12.0 Å². The Balaban J connectivity index is 1.55. The highest BCUT2D eigenvalue weighted by atomic mass is 16.5. The number of aliphatic imine (C=N–C) groups is 1. The fourth-order valence-electron chi connectivity index (χ4n) is 4.74. The van der Waals surface area contributed by atoms with Gasteiger partial charge in [-0.1, -0.05) is 42.5 Å². The first-order valence-corrected chi connectivity index (χ1v) is 11.1. The van der Waals surface area contributed by atoms with E-state index in [1.165, 1.54) is 16.7 Å². The van der Waals surface area contributed by atoms with Crippen molar-refractivity contribution in [2.75, 3.05) is 0 Å². The number of ether oxygens (including phenoxy) is 1. The lowest BCUT2D eigenvalue weighted by Gasteiger charge is -2.36. The first kappa shape index (κ1) is 19.8. The van der Waals surface area contributed by atoms with Crippen LogP contribution in [0.25, 0.3) is 6.08 Å². The Bertz CT molecular complexity index is 1140. The summed E-state index contributed by atoms with van der Waals surface area (Å²) in [7, 11) is 0. The Kier molecular flexibility index (Phi) is 4.84. The Morgan fingerprint density at radius 3 is 2.81 bits per heavy atom. The number of rotatable bonds is 5. The van der Waals surface area contributed by atoms with Crippen LogP contribution >= 0.6 is 0 Å². The molecule has 3 nitrogen and oxygen atoms in total. The zero-order chi connectivity index (χ0) is 21.6. The molecule has 2 aromatic carbocycles. The smallest absolute Gasteiger partial charge is 0.110 e. The summed E-state index contributed by atoms with van der Waals surface area (Å²) in [6.45, 7) is 8.50. The minimum absolute atomic E-state index is 0.112. The van der Waals surface area contributed by atoms with Crippen molar-refractivity contribution in [1.29, 1.82) is 0 Å². The van der Waals surface area contributed by atoms with Crippen molar-refractivity contribution in [3.05, 3.63) is 93.8 Å². The van der Waals surface area contributed by atoms with Crippen molar-refractivity contribution < 1.29 is 4.74 Å². The normalized spacial score (nSPS) is 20.7. The summed E-state index contributed by atoms with van der Waals surface area (Å²) in [5, 5.41) is 3.81. The van der Waals surface area contributed by atoms with Gasteiger partial charge in [0.2, 0.25) is 0 Å². The Morgan fingerprint density at radius 1 is 1.23 bits per heavy atom. The first-order valence-electron chi connectivity index (χ1n) is 11.1. The highest BCUT2D eigenvalue weighted by molar-refractivity contribution is 5.82. The molecular weight excluding hydrogens is 380 g/mol. The van der Waals surface area contributed by atoms with Gasteiger partial charge in [0, 0.05) is 29.8 Å². The summed E-state index contributed by atoms with van der Waals surface area (Å²) in [5.74, 6) is 0.210. The molecule has 1 aliphatic carbocycles. The fraction of sp³-hybridized carbons (Fsp3) is 0.321. The summed E-state index contributed by atoms with van der Waals surface area (Å²) in [5.41, 5.74) is 8.91. The molecule has 0 aromatic heterocycles. The van der Waals surface area contributed by atoms with Crippen molar-refractivity contribution >= 4 is 18.0 Å². The molecule has 0 amide bonds. The molecule has 5 rings (SSSR count). The molecule has 31 heavy (non-hydrogen) atoms. The van der Waals surface area contributed by atoms with Crippen molar-refractivity contribution in [3.63, 3.8) is 0 Å². The summed E-state index contributed by atoms with van der Waals surface area (Å²) in [4.78, 5) is 4.82. The van der Waals surface area contributed by atoms with Gasteiger partial charge >= 0.3 is 0 Å². The Morgan fingerprint density at radius 2 is 2.03 bits per heavy atom. The lowest BCUT2D eigenvalue weighted by Crippen LogP contribution is -2.42. The monoisotopic (exact) mass is 408 g/mol. The second kappa shape index (κ2) is 7.55. The van der Waals surface area contributed by atoms with Crippen molar-refractivity contribution in [2.24, 2.45) is 10.9 Å². The van der Waals surface area contributed by atoms with Gasteiger partial charge in [-0.3, -0.25) is 4.99 Å². The largest absolute Gasteiger partial charge is 0.366 e. The maximum atomic E-state index is 6.60. The van der Waals surface area contributed by atoms with Gasteiger partial charge in [-0.25, -0.2) is 0 Å². The van der Waals surface area contributed by atoms with Gasteiger partial charge < -0.3 is 10.1 Å². The van der Waals surface area contributed by atoms with Crippen LogP contribution in [0.3, 0.4) is 0 Å². The van der Waals surface area contributed by atoms with Gasteiger partial charge in [0.25, 0.3) is 0 Å². The summed E-state index contributed by atoms with van der Waals surface area (Å²) in [6, 6.07) is 18.9. The second-order valence-corrected chi connectivity index (χ2v) is 9.19. The predicted molar refractivity (Wildman–Crippen MR) is 126 cm³/mol. The van der Waals surface area contributed by atoms with Crippen LogP contribution < -0.4 is 5.32 Å². The third-order valence-electron chi connectivity index (χ3n) is 6.18. The van der Waals surface area contributed by atoms with Gasteiger partial charge in [0.1, 0.15) is 5.60 Å². The minimum atomic E-state index is -0.465. The molecule has 0 spiro atoms. The van der Waals surface area contributed by atoms with E-state index in [2.05, 4.69) is 93.8 Å². The third-order valence-corrected chi connectivity index (χ3v) is 6.18. The van der Waals surface area contributed by atoms with Crippen LogP contribution in [0.2, 0.25) is 0 Å². The number of hydrogen-bond acceptors (Lipinski definition) is 3. The zero-order valence-corrected chi connectivity index (χ0v) is 18.6. The lowest BCUT2D eigenvalue weighted by atomic mass is 9.90. The number of aryl methyl sites for hydroxylation is 1. The number of hydrogen-bond donors (Lipinski definition) is 1.